The number of hydrogen-bond donors (Lipinski definition) is 1. The molecule has 2 fully saturated rings. The molecule has 0 spiro atoms. The third-order valence-corrected chi connectivity index (χ3v) is 8.44. The predicted octanol–water partition coefficient (Wildman–Crippen LogP) is 5.53. The lowest BCUT2D eigenvalue weighted by atomic mass is 10.1. The van der Waals surface area contributed by atoms with E-state index in [9.17, 15) is 4.79 Å². The molecule has 1 atom stereocenters. The van der Waals surface area contributed by atoms with Gasteiger partial charge in [0.25, 0.3) is 5.56 Å². The van der Waals surface area contributed by atoms with Crippen LogP contribution in [-0.4, -0.2) is 42.3 Å². The van der Waals surface area contributed by atoms with E-state index in [2.05, 4.69) is 53.4 Å². The molecule has 2 aliphatic carbocycles. The summed E-state index contributed by atoms with van der Waals surface area (Å²) in [6.45, 7) is 6.66. The summed E-state index contributed by atoms with van der Waals surface area (Å²) in [6.07, 6.45) is 5.88. The highest BCUT2D eigenvalue weighted by Gasteiger charge is 2.34. The molecule has 2 saturated carbocycles. The van der Waals surface area contributed by atoms with Crippen molar-refractivity contribution in [3.63, 3.8) is 0 Å². The highest BCUT2D eigenvalue weighted by molar-refractivity contribution is 7.99. The number of rotatable bonds is 10. The van der Waals surface area contributed by atoms with Gasteiger partial charge in [0.15, 0.2) is 17.3 Å². The molecule has 10 heteroatoms. The number of fused-ring (bicyclic) bond motifs is 1. The van der Waals surface area contributed by atoms with E-state index in [0.29, 0.717) is 58.3 Å². The molecule has 0 amide bonds. The zero-order valence-electron chi connectivity index (χ0n) is 22.8. The van der Waals surface area contributed by atoms with Crippen LogP contribution >= 0.6 is 11.8 Å². The van der Waals surface area contributed by atoms with Crippen LogP contribution in [0, 0.1) is 12.8 Å². The van der Waals surface area contributed by atoms with Crippen molar-refractivity contribution in [3.8, 4) is 17.3 Å². The first kappa shape index (κ1) is 25.7. The first-order valence-corrected chi connectivity index (χ1v) is 14.6. The van der Waals surface area contributed by atoms with E-state index in [1.807, 2.05) is 23.3 Å². The number of nitrogens with zero attached hydrogens (tertiary/aromatic N) is 6. The second-order valence-electron chi connectivity index (χ2n) is 10.4. The van der Waals surface area contributed by atoms with E-state index in [1.54, 1.807) is 7.11 Å². The van der Waals surface area contributed by atoms with Crippen molar-refractivity contribution >= 4 is 28.7 Å². The number of anilines is 1. The normalized spacial score (nSPS) is 15.9. The summed E-state index contributed by atoms with van der Waals surface area (Å²) in [5, 5.41) is 3.30. The van der Waals surface area contributed by atoms with Crippen LogP contribution in [0.25, 0.3) is 22.6 Å². The average Bonchev–Trinajstić information content (AvgIpc) is 3.86. The summed E-state index contributed by atoms with van der Waals surface area (Å²) in [5.74, 6) is 3.07. The van der Waals surface area contributed by atoms with E-state index in [4.69, 9.17) is 19.7 Å². The highest BCUT2D eigenvalue weighted by atomic mass is 32.2. The summed E-state index contributed by atoms with van der Waals surface area (Å²) >= 11 is 1.81. The second-order valence-corrected chi connectivity index (χ2v) is 11.7. The number of aryl methyl sites for hydroxylation is 1. The van der Waals surface area contributed by atoms with Gasteiger partial charge in [0.1, 0.15) is 17.4 Å². The van der Waals surface area contributed by atoms with Crippen molar-refractivity contribution in [3.05, 3.63) is 57.9 Å². The van der Waals surface area contributed by atoms with Gasteiger partial charge >= 0.3 is 0 Å². The van der Waals surface area contributed by atoms with Crippen LogP contribution in [0.4, 0.5) is 5.82 Å². The molecule has 3 aromatic heterocycles. The first-order chi connectivity index (χ1) is 19.0. The fourth-order valence-electron chi connectivity index (χ4n) is 5.08. The highest BCUT2D eigenvalue weighted by Crippen LogP contribution is 2.45. The van der Waals surface area contributed by atoms with Crippen LogP contribution in [0.5, 0.6) is 5.88 Å². The van der Waals surface area contributed by atoms with E-state index < -0.39 is 0 Å². The van der Waals surface area contributed by atoms with Crippen LogP contribution in [-0.2, 0) is 6.54 Å². The number of nitrogens with one attached hydrogen (secondary N) is 1. The van der Waals surface area contributed by atoms with Gasteiger partial charge in [-0.2, -0.15) is 0 Å². The molecule has 9 nitrogen and oxygen atoms in total. The Labute approximate surface area is 231 Å². The fraction of sp³-hybridized carbons (Fsp3) is 0.448. The van der Waals surface area contributed by atoms with Gasteiger partial charge in [-0.05, 0) is 68.9 Å². The molecule has 0 radical (unpaired) electrons. The summed E-state index contributed by atoms with van der Waals surface area (Å²) in [4.78, 5) is 38.6. The number of hydrogen-bond acceptors (Lipinski definition) is 9. The topological polar surface area (TPSA) is 108 Å². The smallest absolute Gasteiger partial charge is 0.295 e. The van der Waals surface area contributed by atoms with Crippen molar-refractivity contribution in [1.82, 2.24) is 29.5 Å². The lowest BCUT2D eigenvalue weighted by Gasteiger charge is -2.20. The summed E-state index contributed by atoms with van der Waals surface area (Å²) in [6, 6.07) is 8.40. The molecule has 39 heavy (non-hydrogen) atoms. The minimum atomic E-state index is -0.164. The van der Waals surface area contributed by atoms with Crippen molar-refractivity contribution in [2.75, 3.05) is 18.2 Å². The van der Waals surface area contributed by atoms with E-state index >= 15 is 0 Å². The zero-order valence-corrected chi connectivity index (χ0v) is 23.6. The van der Waals surface area contributed by atoms with E-state index in [-0.39, 0.29) is 11.6 Å². The molecule has 4 aromatic rings. The van der Waals surface area contributed by atoms with Gasteiger partial charge < -0.3 is 10.1 Å². The maximum Gasteiger partial charge on any atom is 0.295 e. The maximum absolute atomic E-state index is 13.9. The van der Waals surface area contributed by atoms with Crippen molar-refractivity contribution in [1.29, 1.82) is 0 Å². The number of aromatic nitrogens is 6. The Balaban J connectivity index is 1.45. The average molecular weight is 544 g/mol. The van der Waals surface area contributed by atoms with Crippen molar-refractivity contribution in [2.45, 2.75) is 69.9 Å². The molecular formula is C29H33N7O2S. The van der Waals surface area contributed by atoms with Crippen LogP contribution in [0.15, 0.2) is 40.3 Å². The molecule has 6 rings (SSSR count). The molecule has 3 heterocycles. The predicted molar refractivity (Wildman–Crippen MR) is 153 cm³/mol. The van der Waals surface area contributed by atoms with E-state index in [0.717, 1.165) is 42.7 Å². The Bertz CT molecular complexity index is 1580. The standard InChI is InChI=1S/C29H33N7O2S/c1-5-39-21-12-6-18(7-13-21)14-30-26-29(37)36(17(3)19-8-9-19)27-23(34-26)16(2)33-25(35-27)22-24(20-10-11-20)31-15-32-28(22)38-4/h6-7,12-13,15,17,19-20H,5,8-11,14H2,1-4H3,(H,30,34)/t17-/m0/s1. The minimum absolute atomic E-state index is 0.00660. The van der Waals surface area contributed by atoms with Gasteiger partial charge in [0.2, 0.25) is 5.88 Å². The van der Waals surface area contributed by atoms with Crippen LogP contribution in [0.2, 0.25) is 0 Å². The first-order valence-electron chi connectivity index (χ1n) is 13.6. The molecule has 0 saturated heterocycles. The molecule has 1 N–H and O–H groups in total. The third kappa shape index (κ3) is 5.09. The largest absolute Gasteiger partial charge is 0.480 e. The lowest BCUT2D eigenvalue weighted by Crippen LogP contribution is -2.29. The number of ether oxygens (including phenoxy) is 1. The summed E-state index contributed by atoms with van der Waals surface area (Å²) < 4.78 is 7.42. The summed E-state index contributed by atoms with van der Waals surface area (Å²) in [7, 11) is 1.59. The fourth-order valence-corrected chi connectivity index (χ4v) is 5.75. The molecule has 0 aliphatic heterocycles. The van der Waals surface area contributed by atoms with Gasteiger partial charge in [-0.1, -0.05) is 19.1 Å². The third-order valence-electron chi connectivity index (χ3n) is 7.54. The Kier molecular flexibility index (Phi) is 6.97. The van der Waals surface area contributed by atoms with Gasteiger partial charge in [-0.25, -0.2) is 24.9 Å². The SMILES string of the molecule is CCSc1ccc(CNc2nc3c(C)nc(-c4c(OC)ncnc4C4CC4)nc3n([C@@H](C)C3CC3)c2=O)cc1. The second kappa shape index (κ2) is 10.6. The lowest BCUT2D eigenvalue weighted by molar-refractivity contribution is 0.397. The molecule has 202 valence electrons. The van der Waals surface area contributed by atoms with Crippen LogP contribution in [0.1, 0.15) is 68.4 Å². The number of benzene rings is 1. The Morgan fingerprint density at radius 2 is 1.87 bits per heavy atom. The van der Waals surface area contributed by atoms with Gasteiger partial charge in [-0.15, -0.1) is 11.8 Å². The molecule has 2 aliphatic rings. The Morgan fingerprint density at radius 3 is 2.54 bits per heavy atom. The van der Waals surface area contributed by atoms with Gasteiger partial charge in [0, 0.05) is 23.4 Å². The molecular weight excluding hydrogens is 510 g/mol. The minimum Gasteiger partial charge on any atom is -0.480 e. The Morgan fingerprint density at radius 1 is 1.10 bits per heavy atom. The van der Waals surface area contributed by atoms with Gasteiger partial charge in [0.05, 0.1) is 18.5 Å². The Hall–Kier alpha value is -3.53. The van der Waals surface area contributed by atoms with Gasteiger partial charge in [-0.3, -0.25) is 9.36 Å². The van der Waals surface area contributed by atoms with Crippen LogP contribution in [0.3, 0.4) is 0 Å². The molecule has 0 bridgehead atoms. The quantitative estimate of drug-likeness (QED) is 0.258. The zero-order chi connectivity index (χ0) is 27.1. The number of methoxy groups -OCH3 is 1. The number of thioether (sulfide) groups is 1. The molecule has 0 unspecified atom stereocenters. The van der Waals surface area contributed by atoms with Crippen molar-refractivity contribution in [2.24, 2.45) is 5.92 Å². The summed E-state index contributed by atoms with van der Waals surface area (Å²) in [5.41, 5.74) is 4.39. The monoisotopic (exact) mass is 543 g/mol. The van der Waals surface area contributed by atoms with Crippen LogP contribution < -0.4 is 15.6 Å². The molecule has 1 aromatic carbocycles. The van der Waals surface area contributed by atoms with E-state index in [1.165, 1.54) is 11.2 Å². The van der Waals surface area contributed by atoms with Crippen molar-refractivity contribution < 1.29 is 4.74 Å². The maximum atomic E-state index is 13.9.